The van der Waals surface area contributed by atoms with Gasteiger partial charge in [-0.3, -0.25) is 4.99 Å². The van der Waals surface area contributed by atoms with Crippen molar-refractivity contribution in [3.8, 4) is 5.75 Å². The normalized spacial score (nSPS) is 11.2. The zero-order valence-corrected chi connectivity index (χ0v) is 18.5. The molecule has 0 saturated carbocycles. The standard InChI is InChI=1S/C19H34N4O.HI/c1-5-6-7-10-13-21-19(20-2)22-16-17-11-8-9-12-18(17)24-15-14-23(3)4;/h8-9,11-12H,5-7,10,13-16H2,1-4H3,(H2,20,21,22);1H. The molecule has 25 heavy (non-hydrogen) atoms. The Morgan fingerprint density at radius 1 is 1.12 bits per heavy atom. The molecule has 0 spiro atoms. The summed E-state index contributed by atoms with van der Waals surface area (Å²) in [5.74, 6) is 1.78. The number of guanidine groups is 1. The van der Waals surface area contributed by atoms with Crippen molar-refractivity contribution in [2.45, 2.75) is 39.2 Å². The maximum Gasteiger partial charge on any atom is 0.191 e. The van der Waals surface area contributed by atoms with Crippen molar-refractivity contribution >= 4 is 29.9 Å². The van der Waals surface area contributed by atoms with E-state index >= 15 is 0 Å². The average Bonchev–Trinajstić information content (AvgIpc) is 2.58. The SMILES string of the molecule is CCCCCCNC(=NC)NCc1ccccc1OCCN(C)C.I. The molecular formula is C19H35IN4O. The highest BCUT2D eigenvalue weighted by atomic mass is 127. The van der Waals surface area contributed by atoms with Crippen molar-refractivity contribution < 1.29 is 4.74 Å². The Hall–Kier alpha value is -1.02. The highest BCUT2D eigenvalue weighted by molar-refractivity contribution is 14.0. The number of para-hydroxylation sites is 1. The van der Waals surface area contributed by atoms with Gasteiger partial charge in [0.25, 0.3) is 0 Å². The Kier molecular flexibility index (Phi) is 14.6. The summed E-state index contributed by atoms with van der Waals surface area (Å²) in [6.07, 6.45) is 5.00. The Balaban J connectivity index is 0.00000576. The van der Waals surface area contributed by atoms with Gasteiger partial charge in [0.1, 0.15) is 12.4 Å². The van der Waals surface area contributed by atoms with E-state index in [0.717, 1.165) is 30.4 Å². The topological polar surface area (TPSA) is 48.9 Å². The molecule has 0 aliphatic rings. The van der Waals surface area contributed by atoms with E-state index in [0.29, 0.717) is 13.2 Å². The van der Waals surface area contributed by atoms with Crippen LogP contribution in [0.2, 0.25) is 0 Å². The lowest BCUT2D eigenvalue weighted by Gasteiger charge is -2.16. The molecule has 0 aliphatic heterocycles. The maximum absolute atomic E-state index is 5.90. The lowest BCUT2D eigenvalue weighted by atomic mass is 10.2. The van der Waals surface area contributed by atoms with Crippen LogP contribution in [0.1, 0.15) is 38.2 Å². The third-order valence-electron chi connectivity index (χ3n) is 3.76. The van der Waals surface area contributed by atoms with E-state index in [9.17, 15) is 0 Å². The predicted octanol–water partition coefficient (Wildman–Crippen LogP) is 3.49. The number of unbranched alkanes of at least 4 members (excludes halogenated alkanes) is 3. The average molecular weight is 462 g/mol. The molecule has 0 radical (unpaired) electrons. The Morgan fingerprint density at radius 2 is 1.88 bits per heavy atom. The summed E-state index contributed by atoms with van der Waals surface area (Å²) in [4.78, 5) is 6.40. The van der Waals surface area contributed by atoms with Crippen molar-refractivity contribution in [3.63, 3.8) is 0 Å². The second-order valence-corrected chi connectivity index (χ2v) is 6.17. The van der Waals surface area contributed by atoms with E-state index in [1.807, 2.05) is 32.3 Å². The van der Waals surface area contributed by atoms with Gasteiger partial charge in [0.15, 0.2) is 5.96 Å². The number of likely N-dealkylation sites (N-methyl/N-ethyl adjacent to an activating group) is 1. The van der Waals surface area contributed by atoms with Crippen molar-refractivity contribution in [2.24, 2.45) is 4.99 Å². The molecule has 0 bridgehead atoms. The van der Waals surface area contributed by atoms with Gasteiger partial charge in [-0.1, -0.05) is 44.4 Å². The summed E-state index contributed by atoms with van der Waals surface area (Å²) in [6, 6.07) is 8.16. The summed E-state index contributed by atoms with van der Waals surface area (Å²) in [6.45, 7) is 5.48. The van der Waals surface area contributed by atoms with Crippen LogP contribution < -0.4 is 15.4 Å². The number of nitrogens with zero attached hydrogens (tertiary/aromatic N) is 2. The fourth-order valence-corrected chi connectivity index (χ4v) is 2.29. The summed E-state index contributed by atoms with van der Waals surface area (Å²) >= 11 is 0. The lowest BCUT2D eigenvalue weighted by molar-refractivity contribution is 0.259. The summed E-state index contributed by atoms with van der Waals surface area (Å²) < 4.78 is 5.90. The van der Waals surface area contributed by atoms with Crippen LogP contribution in [0.15, 0.2) is 29.3 Å². The van der Waals surface area contributed by atoms with Crippen molar-refractivity contribution in [2.75, 3.05) is 40.8 Å². The molecule has 0 amide bonds. The van der Waals surface area contributed by atoms with E-state index in [1.54, 1.807) is 7.05 Å². The first-order valence-corrected chi connectivity index (χ1v) is 8.97. The zero-order chi connectivity index (χ0) is 17.6. The molecular weight excluding hydrogens is 427 g/mol. The number of hydrogen-bond donors (Lipinski definition) is 2. The van der Waals surface area contributed by atoms with Gasteiger partial charge in [-0.2, -0.15) is 0 Å². The van der Waals surface area contributed by atoms with Gasteiger partial charge in [-0.25, -0.2) is 0 Å². The number of benzene rings is 1. The van der Waals surface area contributed by atoms with Gasteiger partial charge in [0.2, 0.25) is 0 Å². The minimum absolute atomic E-state index is 0. The van der Waals surface area contributed by atoms with Crippen LogP contribution in [0.4, 0.5) is 0 Å². The molecule has 6 heteroatoms. The smallest absolute Gasteiger partial charge is 0.191 e. The highest BCUT2D eigenvalue weighted by Gasteiger charge is 2.04. The molecule has 0 aromatic heterocycles. The molecule has 1 aromatic carbocycles. The van der Waals surface area contributed by atoms with E-state index < -0.39 is 0 Å². The molecule has 2 N–H and O–H groups in total. The molecule has 0 fully saturated rings. The third-order valence-corrected chi connectivity index (χ3v) is 3.76. The predicted molar refractivity (Wildman–Crippen MR) is 118 cm³/mol. The fraction of sp³-hybridized carbons (Fsp3) is 0.632. The van der Waals surface area contributed by atoms with Crippen LogP contribution in [0, 0.1) is 0 Å². The number of aliphatic imine (C=N–C) groups is 1. The van der Waals surface area contributed by atoms with Crippen molar-refractivity contribution in [3.05, 3.63) is 29.8 Å². The van der Waals surface area contributed by atoms with Crippen molar-refractivity contribution in [1.82, 2.24) is 15.5 Å². The third kappa shape index (κ3) is 11.3. The Bertz CT molecular complexity index is 480. The van der Waals surface area contributed by atoms with Gasteiger partial charge in [0.05, 0.1) is 0 Å². The molecule has 5 nitrogen and oxygen atoms in total. The van der Waals surface area contributed by atoms with Gasteiger partial charge < -0.3 is 20.3 Å². The zero-order valence-electron chi connectivity index (χ0n) is 16.2. The second-order valence-electron chi connectivity index (χ2n) is 6.17. The van der Waals surface area contributed by atoms with Crippen LogP contribution in [0.25, 0.3) is 0 Å². The molecule has 0 saturated heterocycles. The molecule has 0 heterocycles. The van der Waals surface area contributed by atoms with Gasteiger partial charge in [-0.15, -0.1) is 24.0 Å². The lowest BCUT2D eigenvalue weighted by Crippen LogP contribution is -2.37. The minimum Gasteiger partial charge on any atom is -0.492 e. The minimum atomic E-state index is 0. The number of ether oxygens (including phenoxy) is 1. The molecule has 1 aromatic rings. The van der Waals surface area contributed by atoms with E-state index in [-0.39, 0.29) is 24.0 Å². The van der Waals surface area contributed by atoms with E-state index in [2.05, 4.69) is 33.5 Å². The second kappa shape index (κ2) is 15.3. The fourth-order valence-electron chi connectivity index (χ4n) is 2.29. The first-order chi connectivity index (χ1) is 11.7. The van der Waals surface area contributed by atoms with Crippen LogP contribution in [0.3, 0.4) is 0 Å². The molecule has 0 unspecified atom stereocenters. The van der Waals surface area contributed by atoms with Crippen LogP contribution in [-0.2, 0) is 6.54 Å². The van der Waals surface area contributed by atoms with Gasteiger partial charge >= 0.3 is 0 Å². The summed E-state index contributed by atoms with van der Waals surface area (Å²) in [5, 5.41) is 6.73. The molecule has 0 atom stereocenters. The van der Waals surface area contributed by atoms with Gasteiger partial charge in [0, 0.05) is 32.2 Å². The summed E-state index contributed by atoms with van der Waals surface area (Å²) in [5.41, 5.74) is 1.14. The number of rotatable bonds is 11. The number of nitrogens with one attached hydrogen (secondary N) is 2. The van der Waals surface area contributed by atoms with E-state index in [1.165, 1.54) is 25.7 Å². The quantitative estimate of drug-likeness (QED) is 0.229. The monoisotopic (exact) mass is 462 g/mol. The largest absolute Gasteiger partial charge is 0.492 e. The van der Waals surface area contributed by atoms with Crippen LogP contribution >= 0.6 is 24.0 Å². The highest BCUT2D eigenvalue weighted by Crippen LogP contribution is 2.17. The maximum atomic E-state index is 5.90. The van der Waals surface area contributed by atoms with E-state index in [4.69, 9.17) is 4.74 Å². The van der Waals surface area contributed by atoms with Crippen molar-refractivity contribution in [1.29, 1.82) is 0 Å². The number of hydrogen-bond acceptors (Lipinski definition) is 3. The Morgan fingerprint density at radius 3 is 2.56 bits per heavy atom. The first kappa shape index (κ1) is 24.0. The van der Waals surface area contributed by atoms with Crippen LogP contribution in [0.5, 0.6) is 5.75 Å². The molecule has 144 valence electrons. The Labute approximate surface area is 170 Å². The van der Waals surface area contributed by atoms with Crippen LogP contribution in [-0.4, -0.2) is 51.7 Å². The molecule has 0 aliphatic carbocycles. The summed E-state index contributed by atoms with van der Waals surface area (Å²) in [7, 11) is 5.90. The first-order valence-electron chi connectivity index (χ1n) is 8.97. The number of halogens is 1. The van der Waals surface area contributed by atoms with Gasteiger partial charge in [-0.05, 0) is 26.6 Å². The molecule has 1 rings (SSSR count).